The van der Waals surface area contributed by atoms with E-state index in [0.717, 1.165) is 16.5 Å². The Morgan fingerprint density at radius 2 is 1.94 bits per heavy atom. The second-order valence-electron chi connectivity index (χ2n) is 4.57. The van der Waals surface area contributed by atoms with E-state index in [0.29, 0.717) is 5.76 Å². The first-order valence-electron chi connectivity index (χ1n) is 5.54. The number of carbonyl (C=O) groups excluding carboxylic acids is 1. The Hall–Kier alpha value is -1.57. The van der Waals surface area contributed by atoms with Crippen molar-refractivity contribution in [1.29, 1.82) is 0 Å². The summed E-state index contributed by atoms with van der Waals surface area (Å²) in [4.78, 5) is 11.9. The van der Waals surface area contributed by atoms with Crippen molar-refractivity contribution >= 4 is 16.8 Å². The number of benzene rings is 1. The zero-order valence-electron chi connectivity index (χ0n) is 10.1. The summed E-state index contributed by atoms with van der Waals surface area (Å²) in [7, 11) is 0. The fourth-order valence-electron chi connectivity index (χ4n) is 1.83. The summed E-state index contributed by atoms with van der Waals surface area (Å²) in [5.74, 6) is 0.558. The molecule has 0 amide bonds. The van der Waals surface area contributed by atoms with Crippen LogP contribution in [0.25, 0.3) is 11.0 Å². The van der Waals surface area contributed by atoms with Crippen LogP contribution in [-0.4, -0.2) is 5.78 Å². The highest BCUT2D eigenvalue weighted by Gasteiger charge is 2.19. The number of furan rings is 1. The molecule has 0 saturated heterocycles. The van der Waals surface area contributed by atoms with E-state index in [1.165, 1.54) is 5.56 Å². The minimum absolute atomic E-state index is 0.0274. The van der Waals surface area contributed by atoms with Gasteiger partial charge >= 0.3 is 0 Å². The van der Waals surface area contributed by atoms with Gasteiger partial charge in [0.25, 0.3) is 0 Å². The van der Waals surface area contributed by atoms with Crippen LogP contribution in [0, 0.1) is 19.8 Å². The maximum Gasteiger partial charge on any atom is 0.200 e. The number of hydrogen-bond acceptors (Lipinski definition) is 2. The van der Waals surface area contributed by atoms with Crippen molar-refractivity contribution in [3.63, 3.8) is 0 Å². The van der Waals surface area contributed by atoms with Crippen LogP contribution in [0.2, 0.25) is 0 Å². The molecule has 1 aromatic carbocycles. The molecular weight excluding hydrogens is 200 g/mol. The molecule has 0 bridgehead atoms. The molecule has 1 heterocycles. The lowest BCUT2D eigenvalue weighted by molar-refractivity contribution is 0.0912. The van der Waals surface area contributed by atoms with E-state index in [-0.39, 0.29) is 11.7 Å². The third-order valence-corrected chi connectivity index (χ3v) is 2.84. The molecule has 2 aromatic rings. The summed E-state index contributed by atoms with van der Waals surface area (Å²) >= 11 is 0. The summed E-state index contributed by atoms with van der Waals surface area (Å²) < 4.78 is 5.63. The molecule has 0 saturated carbocycles. The zero-order valence-corrected chi connectivity index (χ0v) is 10.1. The average molecular weight is 216 g/mol. The zero-order chi connectivity index (χ0) is 11.9. The van der Waals surface area contributed by atoms with Crippen LogP contribution in [0.5, 0.6) is 0 Å². The molecular formula is C14H16O2. The van der Waals surface area contributed by atoms with E-state index in [1.54, 1.807) is 0 Å². The van der Waals surface area contributed by atoms with Crippen LogP contribution < -0.4 is 0 Å². The standard InChI is InChI=1S/C14H16O2/c1-8(2)13(15)14-10(4)11-7-9(3)5-6-12(11)16-14/h5-8H,1-4H3. The summed E-state index contributed by atoms with van der Waals surface area (Å²) in [6, 6.07) is 5.98. The summed E-state index contributed by atoms with van der Waals surface area (Å²) in [5, 5.41) is 1.05. The highest BCUT2D eigenvalue weighted by atomic mass is 16.3. The van der Waals surface area contributed by atoms with Crippen molar-refractivity contribution in [3.05, 3.63) is 35.1 Å². The van der Waals surface area contributed by atoms with Gasteiger partial charge in [0.1, 0.15) is 5.58 Å². The Morgan fingerprint density at radius 1 is 1.25 bits per heavy atom. The topological polar surface area (TPSA) is 30.2 Å². The minimum atomic E-state index is -0.0274. The van der Waals surface area contributed by atoms with Gasteiger partial charge in [-0.25, -0.2) is 0 Å². The third-order valence-electron chi connectivity index (χ3n) is 2.84. The van der Waals surface area contributed by atoms with E-state index in [9.17, 15) is 4.79 Å². The Kier molecular flexibility index (Phi) is 2.58. The van der Waals surface area contributed by atoms with Crippen LogP contribution in [-0.2, 0) is 0 Å². The number of fused-ring (bicyclic) bond motifs is 1. The Labute approximate surface area is 95.3 Å². The van der Waals surface area contributed by atoms with Gasteiger partial charge in [0.15, 0.2) is 5.76 Å². The fourth-order valence-corrected chi connectivity index (χ4v) is 1.83. The van der Waals surface area contributed by atoms with E-state index in [1.807, 2.05) is 39.8 Å². The second-order valence-corrected chi connectivity index (χ2v) is 4.57. The average Bonchev–Trinajstić information content (AvgIpc) is 2.55. The van der Waals surface area contributed by atoms with Gasteiger partial charge in [0, 0.05) is 16.9 Å². The van der Waals surface area contributed by atoms with Crippen LogP contribution >= 0.6 is 0 Å². The molecule has 2 nitrogen and oxygen atoms in total. The lowest BCUT2D eigenvalue weighted by Crippen LogP contribution is -2.07. The molecule has 16 heavy (non-hydrogen) atoms. The number of ketones is 1. The van der Waals surface area contributed by atoms with Gasteiger partial charge in [-0.05, 0) is 26.0 Å². The molecule has 0 atom stereocenters. The Balaban J connectivity index is 2.65. The number of aryl methyl sites for hydroxylation is 2. The highest BCUT2D eigenvalue weighted by molar-refractivity contribution is 6.01. The third kappa shape index (κ3) is 1.64. The fraction of sp³-hybridized carbons (Fsp3) is 0.357. The van der Waals surface area contributed by atoms with Gasteiger partial charge in [-0.15, -0.1) is 0 Å². The van der Waals surface area contributed by atoms with Crippen LogP contribution in [0.15, 0.2) is 22.6 Å². The largest absolute Gasteiger partial charge is 0.453 e. The monoisotopic (exact) mass is 216 g/mol. The van der Waals surface area contributed by atoms with Gasteiger partial charge in [0.05, 0.1) is 0 Å². The molecule has 0 spiro atoms. The second kappa shape index (κ2) is 3.78. The first-order chi connectivity index (χ1) is 7.50. The van der Waals surface area contributed by atoms with E-state index >= 15 is 0 Å². The van der Waals surface area contributed by atoms with Crippen molar-refractivity contribution < 1.29 is 9.21 Å². The Morgan fingerprint density at radius 3 is 2.56 bits per heavy atom. The van der Waals surface area contributed by atoms with Gasteiger partial charge in [-0.1, -0.05) is 25.5 Å². The summed E-state index contributed by atoms with van der Waals surface area (Å²) in [6.45, 7) is 7.76. The van der Waals surface area contributed by atoms with Crippen molar-refractivity contribution in [2.75, 3.05) is 0 Å². The van der Waals surface area contributed by atoms with Crippen LogP contribution in [0.4, 0.5) is 0 Å². The van der Waals surface area contributed by atoms with Crippen molar-refractivity contribution in [2.45, 2.75) is 27.7 Å². The van der Waals surface area contributed by atoms with Gasteiger partial charge in [0.2, 0.25) is 5.78 Å². The van der Waals surface area contributed by atoms with E-state index < -0.39 is 0 Å². The molecule has 2 heteroatoms. The predicted molar refractivity (Wildman–Crippen MR) is 64.9 cm³/mol. The number of carbonyl (C=O) groups is 1. The molecule has 84 valence electrons. The van der Waals surface area contributed by atoms with Crippen molar-refractivity contribution in [3.8, 4) is 0 Å². The molecule has 0 aliphatic carbocycles. The van der Waals surface area contributed by atoms with Gasteiger partial charge < -0.3 is 4.42 Å². The number of hydrogen-bond donors (Lipinski definition) is 0. The van der Waals surface area contributed by atoms with Crippen LogP contribution in [0.3, 0.4) is 0 Å². The molecule has 0 N–H and O–H groups in total. The maximum absolute atomic E-state index is 11.9. The lowest BCUT2D eigenvalue weighted by atomic mass is 10.0. The van der Waals surface area contributed by atoms with Gasteiger partial charge in [-0.2, -0.15) is 0 Å². The molecule has 0 unspecified atom stereocenters. The Bertz CT molecular complexity index is 547. The normalized spacial score (nSPS) is 11.3. The maximum atomic E-state index is 11.9. The van der Waals surface area contributed by atoms with Crippen molar-refractivity contribution in [2.24, 2.45) is 5.92 Å². The number of Topliss-reactive ketones (excluding diaryl/α,β-unsaturated/α-hetero) is 1. The lowest BCUT2D eigenvalue weighted by Gasteiger charge is -2.00. The molecule has 0 radical (unpaired) electrons. The molecule has 1 aromatic heterocycles. The minimum Gasteiger partial charge on any atom is -0.453 e. The SMILES string of the molecule is Cc1ccc2oc(C(=O)C(C)C)c(C)c2c1. The molecule has 0 aliphatic rings. The van der Waals surface area contributed by atoms with E-state index in [4.69, 9.17) is 4.42 Å². The number of rotatable bonds is 2. The molecule has 2 rings (SSSR count). The first-order valence-corrected chi connectivity index (χ1v) is 5.54. The highest BCUT2D eigenvalue weighted by Crippen LogP contribution is 2.27. The quantitative estimate of drug-likeness (QED) is 0.713. The van der Waals surface area contributed by atoms with Gasteiger partial charge in [-0.3, -0.25) is 4.79 Å². The first kappa shape index (κ1) is 10.9. The van der Waals surface area contributed by atoms with Crippen molar-refractivity contribution in [1.82, 2.24) is 0 Å². The molecule has 0 fully saturated rings. The smallest absolute Gasteiger partial charge is 0.200 e. The predicted octanol–water partition coefficient (Wildman–Crippen LogP) is 3.89. The summed E-state index contributed by atoms with van der Waals surface area (Å²) in [5.41, 5.74) is 2.93. The van der Waals surface area contributed by atoms with E-state index in [2.05, 4.69) is 6.07 Å². The molecule has 0 aliphatic heterocycles. The van der Waals surface area contributed by atoms with Crippen LogP contribution in [0.1, 0.15) is 35.5 Å². The summed E-state index contributed by atoms with van der Waals surface area (Å²) in [6.07, 6.45) is 0.